The average molecular weight is 629 g/mol. The van der Waals surface area contributed by atoms with Gasteiger partial charge in [0.2, 0.25) is 11.8 Å². The largest absolute Gasteiger partial charge is 0.444 e. The van der Waals surface area contributed by atoms with E-state index in [9.17, 15) is 32.3 Å². The Morgan fingerprint density at radius 2 is 1.84 bits per heavy atom. The number of benzene rings is 1. The summed E-state index contributed by atoms with van der Waals surface area (Å²) in [4.78, 5) is 56.6. The van der Waals surface area contributed by atoms with Gasteiger partial charge in [-0.3, -0.25) is 14.4 Å². The van der Waals surface area contributed by atoms with E-state index in [1.807, 2.05) is 0 Å². The van der Waals surface area contributed by atoms with Crippen molar-refractivity contribution in [2.24, 2.45) is 0 Å². The van der Waals surface area contributed by atoms with Gasteiger partial charge in [0.05, 0.1) is 27.6 Å². The minimum atomic E-state index is -4.84. The number of nitrogens with one attached hydrogen (secondary N) is 1. The molecule has 1 aromatic carbocycles. The topological polar surface area (TPSA) is 99.3 Å². The van der Waals surface area contributed by atoms with Crippen LogP contribution in [-0.2, 0) is 20.5 Å². The highest BCUT2D eigenvalue weighted by Crippen LogP contribution is 2.48. The molecule has 0 radical (unpaired) electrons. The zero-order chi connectivity index (χ0) is 32.5. The van der Waals surface area contributed by atoms with Gasteiger partial charge in [-0.25, -0.2) is 4.79 Å². The second kappa shape index (κ2) is 13.0. The molecule has 3 rings (SSSR count). The molecule has 43 heavy (non-hydrogen) atoms. The molecule has 9 nitrogen and oxygen atoms in total. The Balaban J connectivity index is 2.05. The van der Waals surface area contributed by atoms with Crippen molar-refractivity contribution in [3.05, 3.63) is 23.3 Å². The van der Waals surface area contributed by atoms with Crippen molar-refractivity contribution in [3.63, 3.8) is 0 Å². The molecule has 1 N–H and O–H groups in total. The van der Waals surface area contributed by atoms with Crippen LogP contribution < -0.4 is 10.2 Å². The first-order valence-corrected chi connectivity index (χ1v) is 15.4. The first kappa shape index (κ1) is 34.5. The lowest BCUT2D eigenvalue weighted by molar-refractivity contribution is -0.138. The lowest BCUT2D eigenvalue weighted by Gasteiger charge is -2.42. The number of rotatable bonds is 7. The van der Waals surface area contributed by atoms with Crippen molar-refractivity contribution in [3.8, 4) is 0 Å². The number of hydrogen-bond acceptors (Lipinski definition) is 6. The number of ether oxygens (including phenoxy) is 1. The molecule has 0 spiro atoms. The highest BCUT2D eigenvalue weighted by atomic mass is 32.2. The van der Waals surface area contributed by atoms with Crippen LogP contribution in [0.15, 0.2) is 17.0 Å². The number of piperidine rings is 1. The van der Waals surface area contributed by atoms with E-state index >= 15 is 0 Å². The van der Waals surface area contributed by atoms with Crippen LogP contribution in [0.25, 0.3) is 0 Å². The van der Waals surface area contributed by atoms with Gasteiger partial charge in [-0.2, -0.15) is 13.2 Å². The number of alkyl halides is 3. The third-order valence-corrected chi connectivity index (χ3v) is 8.49. The lowest BCUT2D eigenvalue weighted by atomic mass is 9.98. The summed E-state index contributed by atoms with van der Waals surface area (Å²) in [6.07, 6.45) is -4.08. The van der Waals surface area contributed by atoms with E-state index in [1.54, 1.807) is 55.4 Å². The summed E-state index contributed by atoms with van der Waals surface area (Å²) in [7, 11) is 0. The van der Waals surface area contributed by atoms with E-state index in [1.165, 1.54) is 14.7 Å². The number of amides is 4. The molecular weight excluding hydrogens is 585 g/mol. The number of anilines is 1. The first-order chi connectivity index (χ1) is 19.8. The van der Waals surface area contributed by atoms with Crippen LogP contribution in [0.5, 0.6) is 0 Å². The first-order valence-electron chi connectivity index (χ1n) is 14.6. The highest BCUT2D eigenvalue weighted by Gasteiger charge is 2.45. The number of carbonyl (C=O) groups excluding carboxylic acids is 4. The fraction of sp³-hybridized carbons (Fsp3) is 0.667. The Morgan fingerprint density at radius 1 is 1.19 bits per heavy atom. The normalized spacial score (nSPS) is 18.8. The van der Waals surface area contributed by atoms with Crippen molar-refractivity contribution < 1.29 is 37.1 Å². The van der Waals surface area contributed by atoms with Gasteiger partial charge in [0.1, 0.15) is 5.60 Å². The minimum absolute atomic E-state index is 0.0297. The van der Waals surface area contributed by atoms with E-state index in [2.05, 4.69) is 5.32 Å². The Morgan fingerprint density at radius 3 is 2.40 bits per heavy atom. The molecule has 2 aliphatic heterocycles. The van der Waals surface area contributed by atoms with Crippen molar-refractivity contribution in [2.75, 3.05) is 31.1 Å². The molecule has 1 atom stereocenters. The molecule has 4 amide bonds. The summed E-state index contributed by atoms with van der Waals surface area (Å²) < 4.78 is 48.0. The van der Waals surface area contributed by atoms with E-state index in [-0.39, 0.29) is 48.5 Å². The summed E-state index contributed by atoms with van der Waals surface area (Å²) in [6.45, 7) is 14.3. The van der Waals surface area contributed by atoms with Crippen LogP contribution in [0.4, 0.5) is 23.7 Å². The van der Waals surface area contributed by atoms with Crippen molar-refractivity contribution in [1.29, 1.82) is 0 Å². The molecule has 13 heteroatoms. The Labute approximate surface area is 255 Å². The molecule has 0 bridgehead atoms. The minimum Gasteiger partial charge on any atom is -0.444 e. The van der Waals surface area contributed by atoms with Gasteiger partial charge in [0.15, 0.2) is 0 Å². The van der Waals surface area contributed by atoms with Gasteiger partial charge in [-0.05, 0) is 73.4 Å². The van der Waals surface area contributed by atoms with Crippen LogP contribution in [0.1, 0.15) is 90.6 Å². The van der Waals surface area contributed by atoms with Crippen LogP contribution in [-0.4, -0.2) is 82.2 Å². The van der Waals surface area contributed by atoms with E-state index in [0.717, 1.165) is 23.9 Å². The summed E-state index contributed by atoms with van der Waals surface area (Å²) in [5.41, 5.74) is -2.18. The summed E-state index contributed by atoms with van der Waals surface area (Å²) in [5.74, 6) is -1.39. The van der Waals surface area contributed by atoms with Gasteiger partial charge in [0, 0.05) is 43.5 Å². The number of halogens is 3. The lowest BCUT2D eigenvalue weighted by Crippen LogP contribution is -2.54. The highest BCUT2D eigenvalue weighted by molar-refractivity contribution is 8.01. The van der Waals surface area contributed by atoms with Crippen molar-refractivity contribution in [1.82, 2.24) is 15.1 Å². The zero-order valence-electron chi connectivity index (χ0n) is 26.2. The van der Waals surface area contributed by atoms with Crippen LogP contribution in [0.2, 0.25) is 0 Å². The smallest absolute Gasteiger partial charge is 0.417 e. The molecule has 1 aromatic rings. The Kier molecular flexibility index (Phi) is 10.4. The maximum absolute atomic E-state index is 14.5. The second-order valence-corrected chi connectivity index (χ2v) is 14.3. The summed E-state index contributed by atoms with van der Waals surface area (Å²) in [5, 5.41) is 2.70. The zero-order valence-corrected chi connectivity index (χ0v) is 27.0. The quantitative estimate of drug-likeness (QED) is 0.416. The van der Waals surface area contributed by atoms with Gasteiger partial charge >= 0.3 is 12.3 Å². The summed E-state index contributed by atoms with van der Waals surface area (Å²) >= 11 is 1.01. The SMILES string of the molecule is CCC(=O)NCCN1C(=O)C(C)(C)Sc2cc(C(F)(F)F)c(C(=O)N(C(C)C)[C@@H]3CCCN(C(=O)OC(C)(C)C)C3)cc21. The fourth-order valence-corrected chi connectivity index (χ4v) is 6.51. The Hall–Kier alpha value is -2.96. The van der Waals surface area contributed by atoms with Crippen molar-refractivity contribution >= 4 is 41.3 Å². The number of nitrogens with zero attached hydrogens (tertiary/aromatic N) is 3. The molecule has 0 aliphatic carbocycles. The molecular formula is C30H43F3N4O5S. The van der Waals surface area contributed by atoms with Crippen molar-refractivity contribution in [2.45, 2.75) is 108 Å². The molecule has 0 saturated carbocycles. The number of hydrogen-bond donors (Lipinski definition) is 1. The predicted molar refractivity (Wildman–Crippen MR) is 159 cm³/mol. The average Bonchev–Trinajstić information content (AvgIpc) is 2.88. The molecule has 0 aromatic heterocycles. The van der Waals surface area contributed by atoms with E-state index in [0.29, 0.717) is 19.4 Å². The summed E-state index contributed by atoms with van der Waals surface area (Å²) in [6, 6.07) is 1.09. The predicted octanol–water partition coefficient (Wildman–Crippen LogP) is 5.70. The third kappa shape index (κ3) is 8.16. The standard InChI is InChI=1S/C30H43F3N4O5S/c1-9-24(38)34-12-14-36-22-15-20(21(30(31,32)33)16-23(22)43-29(7,8)26(36)40)25(39)37(18(2)3)19-11-10-13-35(17-19)27(41)42-28(4,5)6/h15-16,18-19H,9-14,17H2,1-8H3,(H,34,38)/t19-/m1/s1. The number of carbonyl (C=O) groups is 4. The molecule has 1 saturated heterocycles. The number of likely N-dealkylation sites (tertiary alicyclic amines) is 1. The maximum Gasteiger partial charge on any atom is 0.417 e. The van der Waals surface area contributed by atoms with Crippen LogP contribution in [0.3, 0.4) is 0 Å². The monoisotopic (exact) mass is 628 g/mol. The third-order valence-electron chi connectivity index (χ3n) is 7.26. The molecule has 240 valence electrons. The van der Waals surface area contributed by atoms with Crippen LogP contribution >= 0.6 is 11.8 Å². The number of thioether (sulfide) groups is 1. The van der Waals surface area contributed by atoms with E-state index < -0.39 is 51.7 Å². The van der Waals surface area contributed by atoms with E-state index in [4.69, 9.17) is 4.74 Å². The molecule has 2 heterocycles. The fourth-order valence-electron chi connectivity index (χ4n) is 5.31. The van der Waals surface area contributed by atoms with Gasteiger partial charge in [0.25, 0.3) is 5.91 Å². The van der Waals surface area contributed by atoms with Crippen LogP contribution in [0, 0.1) is 0 Å². The second-order valence-electron chi connectivity index (χ2n) is 12.7. The number of fused-ring (bicyclic) bond motifs is 1. The maximum atomic E-state index is 14.5. The van der Waals surface area contributed by atoms with Gasteiger partial charge in [-0.15, -0.1) is 11.8 Å². The van der Waals surface area contributed by atoms with Gasteiger partial charge in [-0.1, -0.05) is 6.92 Å². The molecule has 0 unspecified atom stereocenters. The molecule has 1 fully saturated rings. The Bertz CT molecular complexity index is 1250. The van der Waals surface area contributed by atoms with Gasteiger partial charge < -0.3 is 24.8 Å². The molecule has 2 aliphatic rings.